The normalized spacial score (nSPS) is 19.1. The first-order chi connectivity index (χ1) is 9.61. The first-order valence-electron chi connectivity index (χ1n) is 7.58. The standard InChI is InChI=1S/C15H26N4S/c1-5-16-14-11(4)15(19-13(18-14)10(2)3)17-12-7-6-8-20-9-12/h10,12H,5-9H2,1-4H3,(H2,16,17,18,19). The predicted molar refractivity (Wildman–Crippen MR) is 89.0 cm³/mol. The number of anilines is 2. The Bertz CT molecular complexity index is 442. The van der Waals surface area contributed by atoms with Crippen LogP contribution in [-0.4, -0.2) is 34.1 Å². The molecular formula is C15H26N4S. The van der Waals surface area contributed by atoms with Crippen LogP contribution in [0.15, 0.2) is 0 Å². The second kappa shape index (κ2) is 7.16. The van der Waals surface area contributed by atoms with Gasteiger partial charge in [0.1, 0.15) is 17.5 Å². The van der Waals surface area contributed by atoms with Crippen molar-refractivity contribution in [3.05, 3.63) is 11.4 Å². The van der Waals surface area contributed by atoms with Gasteiger partial charge in [0, 0.05) is 29.8 Å². The molecule has 2 rings (SSSR count). The van der Waals surface area contributed by atoms with Gasteiger partial charge in [-0.15, -0.1) is 0 Å². The van der Waals surface area contributed by atoms with E-state index in [2.05, 4.69) is 43.3 Å². The fourth-order valence-electron chi connectivity index (χ4n) is 2.32. The minimum atomic E-state index is 0.342. The summed E-state index contributed by atoms with van der Waals surface area (Å²) < 4.78 is 0. The lowest BCUT2D eigenvalue weighted by molar-refractivity contribution is 0.677. The fraction of sp³-hybridized carbons (Fsp3) is 0.733. The third kappa shape index (κ3) is 3.78. The van der Waals surface area contributed by atoms with Crippen molar-refractivity contribution in [3.8, 4) is 0 Å². The van der Waals surface area contributed by atoms with Crippen LogP contribution in [0, 0.1) is 6.92 Å². The second-order valence-corrected chi connectivity index (χ2v) is 6.80. The van der Waals surface area contributed by atoms with E-state index in [0.29, 0.717) is 12.0 Å². The van der Waals surface area contributed by atoms with E-state index >= 15 is 0 Å². The van der Waals surface area contributed by atoms with Crippen molar-refractivity contribution >= 4 is 23.4 Å². The number of nitrogens with one attached hydrogen (secondary N) is 2. The Balaban J connectivity index is 2.24. The molecule has 1 atom stereocenters. The molecule has 1 aromatic rings. The summed E-state index contributed by atoms with van der Waals surface area (Å²) in [4.78, 5) is 9.39. The minimum absolute atomic E-state index is 0.342. The van der Waals surface area contributed by atoms with Gasteiger partial charge in [-0.1, -0.05) is 13.8 Å². The van der Waals surface area contributed by atoms with Crippen LogP contribution >= 0.6 is 11.8 Å². The van der Waals surface area contributed by atoms with Gasteiger partial charge in [0.15, 0.2) is 0 Å². The maximum absolute atomic E-state index is 4.74. The van der Waals surface area contributed by atoms with E-state index in [1.165, 1.54) is 24.3 Å². The third-order valence-corrected chi connectivity index (χ3v) is 4.74. The quantitative estimate of drug-likeness (QED) is 0.868. The summed E-state index contributed by atoms with van der Waals surface area (Å²) in [6, 6.07) is 0.539. The highest BCUT2D eigenvalue weighted by Gasteiger charge is 2.18. The largest absolute Gasteiger partial charge is 0.370 e. The molecule has 5 heteroatoms. The number of hydrogen-bond donors (Lipinski definition) is 2. The molecule has 112 valence electrons. The lowest BCUT2D eigenvalue weighted by atomic mass is 10.1. The molecule has 20 heavy (non-hydrogen) atoms. The highest BCUT2D eigenvalue weighted by molar-refractivity contribution is 7.99. The molecule has 1 aliphatic rings. The Kier molecular flexibility index (Phi) is 5.52. The van der Waals surface area contributed by atoms with Crippen LogP contribution in [-0.2, 0) is 0 Å². The van der Waals surface area contributed by atoms with Crippen molar-refractivity contribution in [2.75, 3.05) is 28.7 Å². The smallest absolute Gasteiger partial charge is 0.135 e. The molecule has 1 aromatic heterocycles. The summed E-state index contributed by atoms with van der Waals surface area (Å²) in [7, 11) is 0. The van der Waals surface area contributed by atoms with Crippen molar-refractivity contribution in [2.24, 2.45) is 0 Å². The molecule has 0 spiro atoms. The van der Waals surface area contributed by atoms with Gasteiger partial charge in [-0.2, -0.15) is 11.8 Å². The van der Waals surface area contributed by atoms with Crippen LogP contribution in [0.3, 0.4) is 0 Å². The molecule has 0 saturated carbocycles. The lowest BCUT2D eigenvalue weighted by Gasteiger charge is -2.25. The summed E-state index contributed by atoms with van der Waals surface area (Å²) >= 11 is 2.03. The number of aromatic nitrogens is 2. The predicted octanol–water partition coefficient (Wildman–Crippen LogP) is 3.65. The van der Waals surface area contributed by atoms with Gasteiger partial charge in [0.25, 0.3) is 0 Å². The summed E-state index contributed by atoms with van der Waals surface area (Å²) in [6.45, 7) is 9.36. The molecule has 1 aliphatic heterocycles. The molecule has 0 aliphatic carbocycles. The molecule has 1 unspecified atom stereocenters. The van der Waals surface area contributed by atoms with E-state index in [4.69, 9.17) is 4.98 Å². The zero-order chi connectivity index (χ0) is 14.5. The van der Waals surface area contributed by atoms with E-state index in [-0.39, 0.29) is 0 Å². The van der Waals surface area contributed by atoms with E-state index in [1.54, 1.807) is 0 Å². The number of thioether (sulfide) groups is 1. The van der Waals surface area contributed by atoms with E-state index in [9.17, 15) is 0 Å². The average Bonchev–Trinajstić information content (AvgIpc) is 2.44. The van der Waals surface area contributed by atoms with Gasteiger partial charge < -0.3 is 10.6 Å². The summed E-state index contributed by atoms with van der Waals surface area (Å²) in [6.07, 6.45) is 2.54. The first-order valence-corrected chi connectivity index (χ1v) is 8.74. The molecule has 0 amide bonds. The molecule has 0 radical (unpaired) electrons. The van der Waals surface area contributed by atoms with Gasteiger partial charge in [-0.3, -0.25) is 0 Å². The topological polar surface area (TPSA) is 49.8 Å². The summed E-state index contributed by atoms with van der Waals surface area (Å²) in [5.74, 6) is 5.70. The minimum Gasteiger partial charge on any atom is -0.370 e. The van der Waals surface area contributed by atoms with Gasteiger partial charge in [0.2, 0.25) is 0 Å². The summed E-state index contributed by atoms with van der Waals surface area (Å²) in [5.41, 5.74) is 1.13. The summed E-state index contributed by atoms with van der Waals surface area (Å²) in [5, 5.41) is 6.98. The zero-order valence-electron chi connectivity index (χ0n) is 13.0. The zero-order valence-corrected chi connectivity index (χ0v) is 13.8. The maximum atomic E-state index is 4.74. The SMILES string of the molecule is CCNc1nc(C(C)C)nc(NC2CCCSC2)c1C. The van der Waals surface area contributed by atoms with E-state index in [0.717, 1.165) is 29.6 Å². The Morgan fingerprint density at radius 1 is 1.30 bits per heavy atom. The molecule has 1 fully saturated rings. The van der Waals surface area contributed by atoms with Crippen LogP contribution in [0.2, 0.25) is 0 Å². The molecule has 2 heterocycles. The molecule has 0 bridgehead atoms. The van der Waals surface area contributed by atoms with E-state index in [1.807, 2.05) is 11.8 Å². The third-order valence-electron chi connectivity index (χ3n) is 3.52. The van der Waals surface area contributed by atoms with Crippen LogP contribution in [0.5, 0.6) is 0 Å². The van der Waals surface area contributed by atoms with Crippen LogP contribution in [0.25, 0.3) is 0 Å². The van der Waals surface area contributed by atoms with Crippen LogP contribution in [0.1, 0.15) is 50.9 Å². The van der Waals surface area contributed by atoms with Crippen LogP contribution < -0.4 is 10.6 Å². The van der Waals surface area contributed by atoms with Gasteiger partial charge >= 0.3 is 0 Å². The molecule has 1 saturated heterocycles. The van der Waals surface area contributed by atoms with Crippen molar-refractivity contribution in [1.82, 2.24) is 9.97 Å². The Labute approximate surface area is 126 Å². The highest BCUT2D eigenvalue weighted by atomic mass is 32.2. The Morgan fingerprint density at radius 2 is 2.05 bits per heavy atom. The number of nitrogens with zero attached hydrogens (tertiary/aromatic N) is 2. The van der Waals surface area contributed by atoms with Crippen molar-refractivity contribution in [1.29, 1.82) is 0 Å². The molecule has 4 nitrogen and oxygen atoms in total. The molecule has 2 N–H and O–H groups in total. The Hall–Kier alpha value is -0.970. The molecule has 0 aromatic carbocycles. The highest BCUT2D eigenvalue weighted by Crippen LogP contribution is 2.26. The number of rotatable bonds is 5. The average molecular weight is 294 g/mol. The van der Waals surface area contributed by atoms with Gasteiger partial charge in [-0.25, -0.2) is 9.97 Å². The van der Waals surface area contributed by atoms with Gasteiger partial charge in [-0.05, 0) is 32.4 Å². The monoisotopic (exact) mass is 294 g/mol. The fourth-order valence-corrected chi connectivity index (χ4v) is 3.39. The van der Waals surface area contributed by atoms with Crippen molar-refractivity contribution in [2.45, 2.75) is 52.5 Å². The van der Waals surface area contributed by atoms with Crippen molar-refractivity contribution < 1.29 is 0 Å². The van der Waals surface area contributed by atoms with E-state index < -0.39 is 0 Å². The molecular weight excluding hydrogens is 268 g/mol. The van der Waals surface area contributed by atoms with Crippen molar-refractivity contribution in [3.63, 3.8) is 0 Å². The second-order valence-electron chi connectivity index (χ2n) is 5.65. The van der Waals surface area contributed by atoms with Crippen LogP contribution in [0.4, 0.5) is 11.6 Å². The first kappa shape index (κ1) is 15.4. The van der Waals surface area contributed by atoms with Gasteiger partial charge in [0.05, 0.1) is 0 Å². The lowest BCUT2D eigenvalue weighted by Crippen LogP contribution is -2.27. The number of hydrogen-bond acceptors (Lipinski definition) is 5. The maximum Gasteiger partial charge on any atom is 0.135 e. The Morgan fingerprint density at radius 3 is 2.65 bits per heavy atom.